The number of carbonyl (C=O) groups excluding carboxylic acids is 3. The van der Waals surface area contributed by atoms with Crippen LogP contribution in [0.5, 0.6) is 0 Å². The van der Waals surface area contributed by atoms with Crippen LogP contribution in [0.25, 0.3) is 0 Å². The monoisotopic (exact) mass is 1140 g/mol. The van der Waals surface area contributed by atoms with E-state index < -0.39 is 6.10 Å². The Morgan fingerprint density at radius 3 is 0.747 bits per heavy atom. The number of esters is 3. The summed E-state index contributed by atoms with van der Waals surface area (Å²) >= 11 is 0. The summed E-state index contributed by atoms with van der Waals surface area (Å²) in [6.07, 6.45) is 102. The predicted octanol–water partition coefficient (Wildman–Crippen LogP) is 23.4. The first-order chi connectivity index (χ1) is 41.0. The molecule has 0 spiro atoms. The molecule has 0 aliphatic rings. The number of rotatable bonds is 59. The molecule has 466 valence electrons. The summed E-state index contributed by atoms with van der Waals surface area (Å²) in [5, 5.41) is 0. The van der Waals surface area contributed by atoms with Crippen LogP contribution in [0.3, 0.4) is 0 Å². The van der Waals surface area contributed by atoms with Crippen molar-refractivity contribution >= 4 is 17.9 Å². The van der Waals surface area contributed by atoms with Gasteiger partial charge in [-0.2, -0.15) is 0 Å². The molecular weight excluding hydrogens is 1020 g/mol. The quantitative estimate of drug-likeness (QED) is 0.0261. The van der Waals surface area contributed by atoms with Gasteiger partial charge < -0.3 is 14.2 Å². The molecule has 0 saturated heterocycles. The molecule has 6 heteroatoms. The van der Waals surface area contributed by atoms with E-state index in [4.69, 9.17) is 14.2 Å². The Labute approximate surface area is 511 Å². The number of allylic oxidation sites excluding steroid dienone is 28. The third-order valence-electron chi connectivity index (χ3n) is 13.7. The maximum Gasteiger partial charge on any atom is 0.306 e. The Morgan fingerprint density at radius 2 is 0.458 bits per heavy atom. The molecule has 0 aliphatic heterocycles. The predicted molar refractivity (Wildman–Crippen MR) is 361 cm³/mol. The van der Waals surface area contributed by atoms with Gasteiger partial charge in [-0.25, -0.2) is 0 Å². The van der Waals surface area contributed by atoms with Crippen LogP contribution < -0.4 is 0 Å². The van der Waals surface area contributed by atoms with Crippen molar-refractivity contribution in [2.75, 3.05) is 13.2 Å². The minimum atomic E-state index is -0.824. The maximum atomic E-state index is 13.0. The van der Waals surface area contributed by atoms with E-state index in [-0.39, 0.29) is 37.5 Å². The van der Waals surface area contributed by atoms with E-state index in [2.05, 4.69) is 185 Å². The summed E-state index contributed by atoms with van der Waals surface area (Å²) in [6.45, 7) is 6.24. The van der Waals surface area contributed by atoms with Gasteiger partial charge in [-0.1, -0.05) is 294 Å². The van der Waals surface area contributed by atoms with Gasteiger partial charge in [0.05, 0.1) is 0 Å². The fourth-order valence-corrected chi connectivity index (χ4v) is 8.80. The summed E-state index contributed by atoms with van der Waals surface area (Å²) in [5.74, 6) is -1.01. The van der Waals surface area contributed by atoms with Gasteiger partial charge in [-0.05, 0) is 135 Å². The third-order valence-corrected chi connectivity index (χ3v) is 13.7. The number of carbonyl (C=O) groups is 3. The molecule has 0 aliphatic carbocycles. The highest BCUT2D eigenvalue weighted by Gasteiger charge is 2.19. The molecule has 0 radical (unpaired) electrons. The Balaban J connectivity index is 4.51. The Morgan fingerprint density at radius 1 is 0.241 bits per heavy atom. The molecule has 0 amide bonds. The van der Waals surface area contributed by atoms with E-state index in [1.54, 1.807) is 0 Å². The zero-order valence-corrected chi connectivity index (χ0v) is 53.4. The van der Waals surface area contributed by atoms with Crippen LogP contribution in [0.1, 0.15) is 278 Å². The number of hydrogen-bond donors (Lipinski definition) is 0. The van der Waals surface area contributed by atoms with E-state index >= 15 is 0 Å². The number of unbranched alkanes of at least 4 members (excludes halogenated alkanes) is 20. The second kappa shape index (κ2) is 69.3. The van der Waals surface area contributed by atoms with E-state index in [0.29, 0.717) is 19.3 Å². The summed E-state index contributed by atoms with van der Waals surface area (Å²) in [4.78, 5) is 38.4. The SMILES string of the molecule is CC/C=C\C/C=C\C/C=C\C/C=C\C/C=C\C/C=C\CCC(=O)OCC(COC(=O)CCCCCCCCCCCC/C=C\C/C=C\C/C=C\C/C=C\CC)OC(=O)CCCCCCCCCCCC/C=C\C/C=C\C/C=C\C/C=C\CC. The Hall–Kier alpha value is -5.23. The second-order valence-electron chi connectivity index (χ2n) is 21.6. The lowest BCUT2D eigenvalue weighted by Crippen LogP contribution is -2.30. The molecule has 1 unspecified atom stereocenters. The van der Waals surface area contributed by atoms with E-state index in [0.717, 1.165) is 128 Å². The summed E-state index contributed by atoms with van der Waals surface area (Å²) in [5.41, 5.74) is 0. The van der Waals surface area contributed by atoms with E-state index in [9.17, 15) is 14.4 Å². The standard InChI is InChI=1S/C77H122O6/c1-4-7-10-13-16-19-22-25-28-31-34-36-38-40-43-46-49-52-55-58-61-64-67-70-76(79)82-73-74(72-81-75(78)69-66-63-60-57-54-51-48-45-42-33-30-27-24-21-18-15-12-9-6-3)83-77(80)71-68-65-62-59-56-53-50-47-44-41-39-37-35-32-29-26-23-20-17-14-11-8-5-2/h7-12,16-21,25-30,34-37,42,45,51,54,60,63,74H,4-6,13-15,22-24,31-33,38-41,43-44,46-50,52-53,55-59,61-62,64-73H2,1-3H3/b10-7-,11-8-,12-9-,19-16-,20-17-,21-18-,28-25-,29-26-,30-27-,36-34-,37-35-,45-42-,54-51-,63-60-. The van der Waals surface area contributed by atoms with Gasteiger partial charge in [0.1, 0.15) is 13.2 Å². The van der Waals surface area contributed by atoms with Gasteiger partial charge >= 0.3 is 17.9 Å². The van der Waals surface area contributed by atoms with Gasteiger partial charge in [0.15, 0.2) is 6.10 Å². The summed E-state index contributed by atoms with van der Waals surface area (Å²) < 4.78 is 16.9. The van der Waals surface area contributed by atoms with Crippen LogP contribution in [0, 0.1) is 0 Å². The smallest absolute Gasteiger partial charge is 0.306 e. The number of hydrogen-bond acceptors (Lipinski definition) is 6. The lowest BCUT2D eigenvalue weighted by molar-refractivity contribution is -0.166. The fraction of sp³-hybridized carbons (Fsp3) is 0.597. The van der Waals surface area contributed by atoms with Crippen molar-refractivity contribution in [2.24, 2.45) is 0 Å². The first-order valence-corrected chi connectivity index (χ1v) is 33.6. The van der Waals surface area contributed by atoms with Crippen LogP contribution in [-0.4, -0.2) is 37.2 Å². The van der Waals surface area contributed by atoms with Crippen molar-refractivity contribution in [3.8, 4) is 0 Å². The molecule has 0 rings (SSSR count). The van der Waals surface area contributed by atoms with Crippen molar-refractivity contribution in [1.82, 2.24) is 0 Å². The van der Waals surface area contributed by atoms with E-state index in [1.807, 2.05) is 6.08 Å². The molecule has 0 bridgehead atoms. The molecule has 0 aromatic rings. The highest BCUT2D eigenvalue weighted by molar-refractivity contribution is 5.71. The average Bonchev–Trinajstić information content (AvgIpc) is 3.49. The summed E-state index contributed by atoms with van der Waals surface area (Å²) in [6, 6.07) is 0. The lowest BCUT2D eigenvalue weighted by Gasteiger charge is -2.18. The highest BCUT2D eigenvalue weighted by atomic mass is 16.6. The van der Waals surface area contributed by atoms with Gasteiger partial charge in [0.2, 0.25) is 0 Å². The van der Waals surface area contributed by atoms with Crippen molar-refractivity contribution in [3.63, 3.8) is 0 Å². The fourth-order valence-electron chi connectivity index (χ4n) is 8.80. The van der Waals surface area contributed by atoms with E-state index in [1.165, 1.54) is 103 Å². The van der Waals surface area contributed by atoms with Crippen molar-refractivity contribution in [2.45, 2.75) is 284 Å². The molecular formula is C77H122O6. The Bertz CT molecular complexity index is 1890. The van der Waals surface area contributed by atoms with Crippen LogP contribution >= 0.6 is 0 Å². The first kappa shape index (κ1) is 77.8. The van der Waals surface area contributed by atoms with Crippen LogP contribution in [-0.2, 0) is 28.6 Å². The molecule has 0 aromatic carbocycles. The maximum absolute atomic E-state index is 13.0. The first-order valence-electron chi connectivity index (χ1n) is 33.6. The molecule has 0 aromatic heterocycles. The zero-order chi connectivity index (χ0) is 59.9. The lowest BCUT2D eigenvalue weighted by atomic mass is 10.0. The van der Waals surface area contributed by atoms with Crippen molar-refractivity contribution in [3.05, 3.63) is 170 Å². The molecule has 1 atom stereocenters. The van der Waals surface area contributed by atoms with Crippen LogP contribution in [0.15, 0.2) is 170 Å². The topological polar surface area (TPSA) is 78.9 Å². The number of ether oxygens (including phenoxy) is 3. The minimum Gasteiger partial charge on any atom is -0.462 e. The molecule has 0 heterocycles. The normalized spacial score (nSPS) is 13.2. The minimum absolute atomic E-state index is 0.112. The molecule has 0 N–H and O–H groups in total. The van der Waals surface area contributed by atoms with Gasteiger partial charge in [0.25, 0.3) is 0 Å². The third kappa shape index (κ3) is 67.4. The Kier molecular flexibility index (Phi) is 64.9. The van der Waals surface area contributed by atoms with Gasteiger partial charge in [-0.3, -0.25) is 14.4 Å². The van der Waals surface area contributed by atoms with Crippen molar-refractivity contribution < 1.29 is 28.6 Å². The second-order valence-corrected chi connectivity index (χ2v) is 21.6. The van der Waals surface area contributed by atoms with Crippen molar-refractivity contribution in [1.29, 1.82) is 0 Å². The largest absolute Gasteiger partial charge is 0.462 e. The highest BCUT2D eigenvalue weighted by Crippen LogP contribution is 2.15. The molecule has 6 nitrogen and oxygen atoms in total. The zero-order valence-electron chi connectivity index (χ0n) is 53.4. The molecule has 0 fully saturated rings. The van der Waals surface area contributed by atoms with Crippen LogP contribution in [0.4, 0.5) is 0 Å². The molecule has 0 saturated carbocycles. The summed E-state index contributed by atoms with van der Waals surface area (Å²) in [7, 11) is 0. The molecule has 83 heavy (non-hydrogen) atoms. The average molecular weight is 1140 g/mol. The van der Waals surface area contributed by atoms with Gasteiger partial charge in [0, 0.05) is 19.3 Å². The van der Waals surface area contributed by atoms with Gasteiger partial charge in [-0.15, -0.1) is 0 Å². The van der Waals surface area contributed by atoms with Crippen LogP contribution in [0.2, 0.25) is 0 Å².